The Morgan fingerprint density at radius 3 is 2.53 bits per heavy atom. The van der Waals surface area contributed by atoms with E-state index in [4.69, 9.17) is 9.47 Å². The molecule has 0 saturated carbocycles. The van der Waals surface area contributed by atoms with E-state index in [9.17, 15) is 14.7 Å². The summed E-state index contributed by atoms with van der Waals surface area (Å²) in [6.45, 7) is 8.68. The first-order valence-electron chi connectivity index (χ1n) is 12.1. The molecule has 0 spiro atoms. The fourth-order valence-corrected chi connectivity index (χ4v) is 5.32. The normalized spacial score (nSPS) is 16.8. The quantitative estimate of drug-likeness (QED) is 0.469. The highest BCUT2D eigenvalue weighted by Crippen LogP contribution is 2.48. The number of para-hydroxylation sites is 1. The Balaban J connectivity index is 1.98. The van der Waals surface area contributed by atoms with Crippen molar-refractivity contribution in [2.75, 3.05) is 13.2 Å². The molecule has 0 bridgehead atoms. The van der Waals surface area contributed by atoms with E-state index >= 15 is 0 Å². The van der Waals surface area contributed by atoms with Gasteiger partial charge in [-0.25, -0.2) is 4.79 Å². The molecule has 2 aromatic heterocycles. The summed E-state index contributed by atoms with van der Waals surface area (Å²) < 4.78 is 16.8. The van der Waals surface area contributed by atoms with Crippen LogP contribution in [0.3, 0.4) is 0 Å². The fraction of sp³-hybridized carbons (Fsp3) is 0.357. The van der Waals surface area contributed by atoms with Crippen LogP contribution in [-0.2, 0) is 24.4 Å². The van der Waals surface area contributed by atoms with Crippen molar-refractivity contribution < 1.29 is 14.6 Å². The largest absolute Gasteiger partial charge is 0.504 e. The molecule has 36 heavy (non-hydrogen) atoms. The number of rotatable bonds is 4. The number of aryl methyl sites for hydroxylation is 2. The van der Waals surface area contributed by atoms with Crippen molar-refractivity contribution in [3.63, 3.8) is 0 Å². The zero-order valence-corrected chi connectivity index (χ0v) is 21.5. The van der Waals surface area contributed by atoms with Crippen LogP contribution in [0.15, 0.2) is 52.1 Å². The summed E-state index contributed by atoms with van der Waals surface area (Å²) in [6.07, 6.45) is -0.725. The van der Waals surface area contributed by atoms with E-state index < -0.39 is 17.3 Å². The molecule has 0 unspecified atom stereocenters. The smallest absolute Gasteiger partial charge is 0.331 e. The molecule has 5 rings (SSSR count). The summed E-state index contributed by atoms with van der Waals surface area (Å²) in [7, 11) is 3.16. The van der Waals surface area contributed by atoms with Crippen molar-refractivity contribution in [2.45, 2.75) is 39.3 Å². The number of fused-ring (bicyclic) bond motifs is 3. The Hall–Kier alpha value is -3.78. The third-order valence-corrected chi connectivity index (χ3v) is 6.97. The van der Waals surface area contributed by atoms with Gasteiger partial charge in [-0.15, -0.1) is 0 Å². The van der Waals surface area contributed by atoms with Gasteiger partial charge in [0.15, 0.2) is 11.5 Å². The number of ether oxygens (including phenoxy) is 2. The Kier molecular flexibility index (Phi) is 5.59. The molecule has 1 atom stereocenters. The molecule has 0 radical (unpaired) electrons. The highest BCUT2D eigenvalue weighted by molar-refractivity contribution is 5.97. The lowest BCUT2D eigenvalue weighted by atomic mass is 9.97. The van der Waals surface area contributed by atoms with Crippen LogP contribution in [0.1, 0.15) is 43.7 Å². The third-order valence-electron chi connectivity index (χ3n) is 6.97. The van der Waals surface area contributed by atoms with Crippen molar-refractivity contribution in [2.24, 2.45) is 14.1 Å². The van der Waals surface area contributed by atoms with Gasteiger partial charge >= 0.3 is 5.69 Å². The zero-order chi connectivity index (χ0) is 25.9. The summed E-state index contributed by atoms with van der Waals surface area (Å²) in [6, 6.07) is 13.3. The van der Waals surface area contributed by atoms with Gasteiger partial charge in [-0.1, -0.05) is 35.9 Å². The van der Waals surface area contributed by atoms with Crippen LogP contribution in [0.5, 0.6) is 11.5 Å². The summed E-state index contributed by atoms with van der Waals surface area (Å²) in [5.41, 5.74) is 3.00. The summed E-state index contributed by atoms with van der Waals surface area (Å²) in [5.74, 6) is 0.338. The molecule has 8 nitrogen and oxygen atoms in total. The molecule has 188 valence electrons. The lowest BCUT2D eigenvalue weighted by molar-refractivity contribution is -0.00812. The second-order valence-corrected chi connectivity index (χ2v) is 10.00. The standard InChI is InChI=1S/C28H31N3O5/c1-7-35-19-13-9-12-18(24(19)32)25-23-22-20(26(33)30(6)27(34)29(22)5)21(17-11-8-10-16(2)14-17)31(23)28(3,4)15-36-25/h8-14,25,32H,7,15H2,1-6H3/t25-/m0/s1. The predicted octanol–water partition coefficient (Wildman–Crippen LogP) is 3.97. The number of nitrogens with zero attached hydrogens (tertiary/aromatic N) is 3. The minimum Gasteiger partial charge on any atom is -0.504 e. The number of benzene rings is 2. The van der Waals surface area contributed by atoms with Crippen LogP contribution in [0.4, 0.5) is 0 Å². The molecule has 0 fully saturated rings. The van der Waals surface area contributed by atoms with Crippen LogP contribution in [0.2, 0.25) is 0 Å². The summed E-state index contributed by atoms with van der Waals surface area (Å²) in [5, 5.41) is 11.6. The average molecular weight is 490 g/mol. The fourth-order valence-electron chi connectivity index (χ4n) is 5.32. The highest BCUT2D eigenvalue weighted by Gasteiger charge is 2.41. The van der Waals surface area contributed by atoms with Gasteiger partial charge in [0.05, 0.1) is 41.0 Å². The van der Waals surface area contributed by atoms with E-state index in [1.54, 1.807) is 25.2 Å². The first-order chi connectivity index (χ1) is 17.1. The Morgan fingerprint density at radius 1 is 1.11 bits per heavy atom. The molecule has 0 amide bonds. The minimum atomic E-state index is -0.725. The maximum absolute atomic E-state index is 13.7. The maximum atomic E-state index is 13.7. The number of hydrogen-bond donors (Lipinski definition) is 1. The number of hydrogen-bond acceptors (Lipinski definition) is 5. The maximum Gasteiger partial charge on any atom is 0.331 e. The van der Waals surface area contributed by atoms with Gasteiger partial charge in [0.25, 0.3) is 5.56 Å². The van der Waals surface area contributed by atoms with Crippen molar-refractivity contribution >= 4 is 10.9 Å². The van der Waals surface area contributed by atoms with Crippen LogP contribution >= 0.6 is 0 Å². The van der Waals surface area contributed by atoms with Crippen LogP contribution in [0.25, 0.3) is 22.2 Å². The topological polar surface area (TPSA) is 87.6 Å². The van der Waals surface area contributed by atoms with Gasteiger partial charge in [0.1, 0.15) is 6.10 Å². The van der Waals surface area contributed by atoms with Gasteiger partial charge in [-0.2, -0.15) is 0 Å². The highest BCUT2D eigenvalue weighted by atomic mass is 16.5. The second kappa shape index (κ2) is 8.41. The lowest BCUT2D eigenvalue weighted by Crippen LogP contribution is -2.40. The average Bonchev–Trinajstić information content (AvgIpc) is 3.21. The van der Waals surface area contributed by atoms with Gasteiger partial charge in [0.2, 0.25) is 0 Å². The zero-order valence-electron chi connectivity index (χ0n) is 21.5. The predicted molar refractivity (Wildman–Crippen MR) is 139 cm³/mol. The van der Waals surface area contributed by atoms with Crippen LogP contribution in [0, 0.1) is 6.92 Å². The monoisotopic (exact) mass is 489 g/mol. The second-order valence-electron chi connectivity index (χ2n) is 10.00. The van der Waals surface area contributed by atoms with Gasteiger partial charge < -0.3 is 19.1 Å². The molecule has 1 N–H and O–H groups in total. The lowest BCUT2D eigenvalue weighted by Gasteiger charge is -2.39. The van der Waals surface area contributed by atoms with Crippen molar-refractivity contribution in [1.82, 2.24) is 13.7 Å². The third kappa shape index (κ3) is 3.39. The SMILES string of the molecule is CCOc1cccc([C@@H]2OCC(C)(C)n3c(-c4cccc(C)c4)c4c(=O)n(C)c(=O)n(C)c4c32)c1O. The molecule has 3 heterocycles. The van der Waals surface area contributed by atoms with Gasteiger partial charge in [0, 0.05) is 19.7 Å². The van der Waals surface area contributed by atoms with Crippen LogP contribution < -0.4 is 16.0 Å². The molecule has 1 aliphatic heterocycles. The van der Waals surface area contributed by atoms with E-state index in [1.165, 1.54) is 11.6 Å². The molecule has 0 aliphatic carbocycles. The number of aromatic nitrogens is 3. The van der Waals surface area contributed by atoms with Crippen LogP contribution in [-0.4, -0.2) is 32.0 Å². The number of phenols is 1. The number of phenolic OH excluding ortho intramolecular Hbond substituents is 1. The molecular weight excluding hydrogens is 458 g/mol. The van der Waals surface area contributed by atoms with E-state index in [0.717, 1.165) is 21.4 Å². The van der Waals surface area contributed by atoms with E-state index in [2.05, 4.69) is 4.57 Å². The van der Waals surface area contributed by atoms with E-state index in [1.807, 2.05) is 52.0 Å². The van der Waals surface area contributed by atoms with E-state index in [-0.39, 0.29) is 11.3 Å². The Morgan fingerprint density at radius 2 is 1.83 bits per heavy atom. The van der Waals surface area contributed by atoms with Gasteiger partial charge in [-0.3, -0.25) is 13.9 Å². The molecule has 4 aromatic rings. The molecule has 0 saturated heterocycles. The first-order valence-corrected chi connectivity index (χ1v) is 12.1. The molecule has 1 aliphatic rings. The van der Waals surface area contributed by atoms with Crippen molar-refractivity contribution in [1.29, 1.82) is 0 Å². The summed E-state index contributed by atoms with van der Waals surface area (Å²) >= 11 is 0. The Labute approximate surface area is 208 Å². The van der Waals surface area contributed by atoms with Gasteiger partial charge in [-0.05, 0) is 45.4 Å². The first kappa shape index (κ1) is 23.9. The van der Waals surface area contributed by atoms with Crippen molar-refractivity contribution in [3.8, 4) is 22.8 Å². The van der Waals surface area contributed by atoms with Crippen molar-refractivity contribution in [3.05, 3.63) is 80.1 Å². The summed E-state index contributed by atoms with van der Waals surface area (Å²) in [4.78, 5) is 26.8. The molecular formula is C28H31N3O5. The molecule has 8 heteroatoms. The van der Waals surface area contributed by atoms with E-state index in [0.29, 0.717) is 41.1 Å². The molecule has 2 aromatic carbocycles. The minimum absolute atomic E-state index is 0.0177. The Bertz CT molecular complexity index is 1620. The number of aromatic hydroxyl groups is 1.